The molecule has 6 nitrogen and oxygen atoms in total. The molecule has 0 aliphatic carbocycles. The molecule has 2 heterocycles. The van der Waals surface area contributed by atoms with Crippen LogP contribution in [0.15, 0.2) is 82.2 Å². The van der Waals surface area contributed by atoms with Crippen LogP contribution in [-0.2, 0) is 0 Å². The Labute approximate surface area is 196 Å². The van der Waals surface area contributed by atoms with Crippen LogP contribution in [-0.4, -0.2) is 49.3 Å². The minimum atomic E-state index is -0.212. The first kappa shape index (κ1) is 22.0. The third-order valence-corrected chi connectivity index (χ3v) is 6.15. The van der Waals surface area contributed by atoms with Gasteiger partial charge in [-0.25, -0.2) is 4.39 Å². The van der Waals surface area contributed by atoms with Crippen LogP contribution in [0.5, 0.6) is 11.5 Å². The number of hydrogen-bond donors (Lipinski definition) is 1. The fourth-order valence-electron chi connectivity index (χ4n) is 4.23. The molecule has 0 radical (unpaired) electrons. The Kier molecular flexibility index (Phi) is 6.18. The maximum absolute atomic E-state index is 13.5. The lowest BCUT2D eigenvalue weighted by Crippen LogP contribution is -2.47. The van der Waals surface area contributed by atoms with E-state index >= 15 is 0 Å². The van der Waals surface area contributed by atoms with Crippen molar-refractivity contribution >= 4 is 16.7 Å². The SMILES string of the molecule is O=c1c(-c2ccc(O)cc2)coc2cc(OCCN3CCN(c4cccc(F)c4)CC3)ccc12. The molecule has 0 amide bonds. The number of fused-ring (bicyclic) bond motifs is 1. The van der Waals surface area contributed by atoms with Crippen LogP contribution < -0.4 is 15.1 Å². The highest BCUT2D eigenvalue weighted by atomic mass is 19.1. The molecule has 4 aromatic rings. The molecule has 1 N–H and O–H groups in total. The van der Waals surface area contributed by atoms with Crippen LogP contribution in [0, 0.1) is 5.82 Å². The van der Waals surface area contributed by atoms with Crippen LogP contribution in [0.3, 0.4) is 0 Å². The van der Waals surface area contributed by atoms with Gasteiger partial charge in [-0.2, -0.15) is 0 Å². The van der Waals surface area contributed by atoms with Gasteiger partial charge in [-0.1, -0.05) is 18.2 Å². The molecular formula is C27H25FN2O4. The van der Waals surface area contributed by atoms with Crippen LogP contribution in [0.2, 0.25) is 0 Å². The average molecular weight is 461 g/mol. The van der Waals surface area contributed by atoms with Crippen molar-refractivity contribution in [1.29, 1.82) is 0 Å². The Morgan fingerprint density at radius 3 is 2.53 bits per heavy atom. The summed E-state index contributed by atoms with van der Waals surface area (Å²) < 4.78 is 25.1. The highest BCUT2D eigenvalue weighted by Crippen LogP contribution is 2.24. The predicted molar refractivity (Wildman–Crippen MR) is 130 cm³/mol. The molecule has 1 aromatic heterocycles. The smallest absolute Gasteiger partial charge is 0.200 e. The first-order valence-corrected chi connectivity index (χ1v) is 11.3. The van der Waals surface area contributed by atoms with E-state index in [-0.39, 0.29) is 17.0 Å². The molecule has 5 rings (SSSR count). The summed E-state index contributed by atoms with van der Waals surface area (Å²) in [5, 5.41) is 9.94. The standard InChI is InChI=1S/C27H25FN2O4/c28-20-2-1-3-21(16-20)30-12-10-29(11-13-30)14-15-33-23-8-9-24-26(17-23)34-18-25(27(24)32)19-4-6-22(31)7-5-19/h1-9,16-18,31H,10-15H2. The number of benzene rings is 3. The summed E-state index contributed by atoms with van der Waals surface area (Å²) in [5.74, 6) is 0.576. The maximum Gasteiger partial charge on any atom is 0.200 e. The summed E-state index contributed by atoms with van der Waals surface area (Å²) in [7, 11) is 0. The molecule has 1 aliphatic heterocycles. The Bertz CT molecular complexity index is 1350. The highest BCUT2D eigenvalue weighted by Gasteiger charge is 2.17. The zero-order chi connectivity index (χ0) is 23.5. The first-order chi connectivity index (χ1) is 16.6. The van der Waals surface area contributed by atoms with E-state index in [1.54, 1.807) is 42.5 Å². The molecule has 1 saturated heterocycles. The first-order valence-electron chi connectivity index (χ1n) is 11.3. The molecule has 3 aromatic carbocycles. The lowest BCUT2D eigenvalue weighted by Gasteiger charge is -2.36. The van der Waals surface area contributed by atoms with Gasteiger partial charge in [0.25, 0.3) is 0 Å². The van der Waals surface area contributed by atoms with Crippen LogP contribution in [0.1, 0.15) is 0 Å². The van der Waals surface area contributed by atoms with Gasteiger partial charge < -0.3 is 19.2 Å². The quantitative estimate of drug-likeness (QED) is 0.457. The average Bonchev–Trinajstić information content (AvgIpc) is 2.85. The van der Waals surface area contributed by atoms with Crippen molar-refractivity contribution in [3.63, 3.8) is 0 Å². The van der Waals surface area contributed by atoms with E-state index in [0.29, 0.717) is 34.5 Å². The highest BCUT2D eigenvalue weighted by molar-refractivity contribution is 5.82. The van der Waals surface area contributed by atoms with Crippen molar-refractivity contribution < 1.29 is 18.7 Å². The molecule has 174 valence electrons. The monoisotopic (exact) mass is 460 g/mol. The summed E-state index contributed by atoms with van der Waals surface area (Å²) in [6, 6.07) is 18.4. The molecule has 1 aliphatic rings. The van der Waals surface area contributed by atoms with Gasteiger partial charge in [-0.15, -0.1) is 0 Å². The molecular weight excluding hydrogens is 435 g/mol. The zero-order valence-corrected chi connectivity index (χ0v) is 18.6. The number of piperazine rings is 1. The third kappa shape index (κ3) is 4.75. The molecule has 0 spiro atoms. The number of hydrogen-bond acceptors (Lipinski definition) is 6. The van der Waals surface area contributed by atoms with Gasteiger partial charge in [0.2, 0.25) is 0 Å². The Morgan fingerprint density at radius 2 is 1.76 bits per heavy atom. The summed E-state index contributed by atoms with van der Waals surface area (Å²) in [6.45, 7) is 4.74. The van der Waals surface area contributed by atoms with Gasteiger partial charge in [0, 0.05) is 44.5 Å². The third-order valence-electron chi connectivity index (χ3n) is 6.15. The van der Waals surface area contributed by atoms with Crippen LogP contribution >= 0.6 is 0 Å². The second-order valence-corrected chi connectivity index (χ2v) is 8.34. The summed E-state index contributed by atoms with van der Waals surface area (Å²) >= 11 is 0. The molecule has 1 fully saturated rings. The fourth-order valence-corrected chi connectivity index (χ4v) is 4.23. The van der Waals surface area contributed by atoms with Crippen molar-refractivity contribution in [2.45, 2.75) is 0 Å². The Hall–Kier alpha value is -3.84. The second-order valence-electron chi connectivity index (χ2n) is 8.34. The lowest BCUT2D eigenvalue weighted by atomic mass is 10.1. The predicted octanol–water partition coefficient (Wildman–Crippen LogP) is 4.51. The minimum Gasteiger partial charge on any atom is -0.508 e. The van der Waals surface area contributed by atoms with Crippen LogP contribution in [0.4, 0.5) is 10.1 Å². The summed E-state index contributed by atoms with van der Waals surface area (Å²) in [6.07, 6.45) is 1.44. The minimum absolute atomic E-state index is 0.130. The lowest BCUT2D eigenvalue weighted by molar-refractivity contribution is 0.200. The number of phenolic OH excluding ortho intramolecular Hbond substituents is 1. The molecule has 34 heavy (non-hydrogen) atoms. The van der Waals surface area contributed by atoms with E-state index in [1.807, 2.05) is 6.07 Å². The van der Waals surface area contributed by atoms with Gasteiger partial charge in [0.15, 0.2) is 5.43 Å². The number of anilines is 1. The number of halogens is 1. The van der Waals surface area contributed by atoms with E-state index in [0.717, 1.165) is 38.4 Å². The Balaban J connectivity index is 1.18. The molecule has 0 atom stereocenters. The summed E-state index contributed by atoms with van der Waals surface area (Å²) in [5.41, 5.74) is 2.38. The van der Waals surface area contributed by atoms with Gasteiger partial charge in [-0.3, -0.25) is 9.69 Å². The van der Waals surface area contributed by atoms with E-state index < -0.39 is 0 Å². The van der Waals surface area contributed by atoms with Crippen molar-refractivity contribution in [2.75, 3.05) is 44.2 Å². The molecule has 0 saturated carbocycles. The van der Waals surface area contributed by atoms with Crippen molar-refractivity contribution in [3.05, 3.63) is 89.0 Å². The normalized spacial score (nSPS) is 14.4. The molecule has 0 bridgehead atoms. The van der Waals surface area contributed by atoms with E-state index in [2.05, 4.69) is 9.80 Å². The van der Waals surface area contributed by atoms with Crippen LogP contribution in [0.25, 0.3) is 22.1 Å². The van der Waals surface area contributed by atoms with Crippen molar-refractivity contribution in [2.24, 2.45) is 0 Å². The zero-order valence-electron chi connectivity index (χ0n) is 18.6. The maximum atomic E-state index is 13.5. The van der Waals surface area contributed by atoms with E-state index in [4.69, 9.17) is 9.15 Å². The van der Waals surface area contributed by atoms with Gasteiger partial charge in [-0.05, 0) is 48.0 Å². The number of nitrogens with zero attached hydrogens (tertiary/aromatic N) is 2. The van der Waals surface area contributed by atoms with Gasteiger partial charge in [0.1, 0.15) is 35.8 Å². The van der Waals surface area contributed by atoms with E-state index in [9.17, 15) is 14.3 Å². The van der Waals surface area contributed by atoms with E-state index in [1.165, 1.54) is 24.5 Å². The van der Waals surface area contributed by atoms with Gasteiger partial charge in [0.05, 0.1) is 10.9 Å². The summed E-state index contributed by atoms with van der Waals surface area (Å²) in [4.78, 5) is 17.4. The largest absolute Gasteiger partial charge is 0.508 e. The number of rotatable bonds is 6. The van der Waals surface area contributed by atoms with Crippen molar-refractivity contribution in [3.8, 4) is 22.6 Å². The topological polar surface area (TPSA) is 66.2 Å². The molecule has 7 heteroatoms. The van der Waals surface area contributed by atoms with Gasteiger partial charge >= 0.3 is 0 Å². The second kappa shape index (κ2) is 9.57. The Morgan fingerprint density at radius 1 is 0.971 bits per heavy atom. The fraction of sp³-hybridized carbons (Fsp3) is 0.222. The molecule has 0 unspecified atom stereocenters. The number of phenols is 1. The number of aromatic hydroxyl groups is 1. The number of ether oxygens (including phenoxy) is 1. The van der Waals surface area contributed by atoms with Crippen molar-refractivity contribution in [1.82, 2.24) is 4.90 Å².